The van der Waals surface area contributed by atoms with Crippen molar-refractivity contribution in [2.45, 2.75) is 12.8 Å². The van der Waals surface area contributed by atoms with Crippen LogP contribution in [0.5, 0.6) is 0 Å². The SMILES string of the molecule is O=C(CSCCCO)Cc1ccccc1F. The Morgan fingerprint density at radius 2 is 2.12 bits per heavy atom. The van der Waals surface area contributed by atoms with Gasteiger partial charge in [-0.15, -0.1) is 0 Å². The minimum Gasteiger partial charge on any atom is -0.396 e. The van der Waals surface area contributed by atoms with Crippen LogP contribution >= 0.6 is 11.8 Å². The van der Waals surface area contributed by atoms with E-state index < -0.39 is 0 Å². The molecule has 0 unspecified atom stereocenters. The number of Topliss-reactive ketones (excluding diaryl/α,β-unsaturated/α-hetero) is 1. The number of halogens is 1. The summed E-state index contributed by atoms with van der Waals surface area (Å²) in [5.74, 6) is 0.845. The van der Waals surface area contributed by atoms with Gasteiger partial charge in [-0.25, -0.2) is 4.39 Å². The summed E-state index contributed by atoms with van der Waals surface area (Å²) in [7, 11) is 0. The van der Waals surface area contributed by atoms with Crippen LogP contribution in [0.25, 0.3) is 0 Å². The molecule has 0 spiro atoms. The highest BCUT2D eigenvalue weighted by atomic mass is 32.2. The van der Waals surface area contributed by atoms with Gasteiger partial charge in [-0.2, -0.15) is 11.8 Å². The van der Waals surface area contributed by atoms with Gasteiger partial charge in [-0.1, -0.05) is 18.2 Å². The Bertz CT molecular complexity index is 342. The van der Waals surface area contributed by atoms with Crippen LogP contribution in [0.2, 0.25) is 0 Å². The molecule has 0 aliphatic carbocycles. The Labute approximate surface area is 98.9 Å². The molecule has 0 aliphatic heterocycles. The minimum atomic E-state index is -0.323. The molecule has 1 aromatic carbocycles. The predicted molar refractivity (Wildman–Crippen MR) is 64.1 cm³/mol. The largest absolute Gasteiger partial charge is 0.396 e. The van der Waals surface area contributed by atoms with E-state index in [-0.39, 0.29) is 24.6 Å². The maximum absolute atomic E-state index is 13.2. The molecule has 0 atom stereocenters. The molecule has 16 heavy (non-hydrogen) atoms. The minimum absolute atomic E-state index is 0.0213. The molecule has 1 aromatic rings. The number of thioether (sulfide) groups is 1. The maximum Gasteiger partial charge on any atom is 0.147 e. The van der Waals surface area contributed by atoms with Crippen molar-refractivity contribution in [3.63, 3.8) is 0 Å². The average Bonchev–Trinajstić information content (AvgIpc) is 2.28. The van der Waals surface area contributed by atoms with Crippen molar-refractivity contribution in [1.82, 2.24) is 0 Å². The smallest absolute Gasteiger partial charge is 0.147 e. The lowest BCUT2D eigenvalue weighted by Gasteiger charge is -2.02. The van der Waals surface area contributed by atoms with Crippen molar-refractivity contribution >= 4 is 17.5 Å². The van der Waals surface area contributed by atoms with Gasteiger partial charge in [0.1, 0.15) is 11.6 Å². The number of hydrogen-bond donors (Lipinski definition) is 1. The summed E-state index contributed by atoms with van der Waals surface area (Å²) in [6, 6.07) is 6.33. The lowest BCUT2D eigenvalue weighted by Crippen LogP contribution is -2.07. The molecule has 4 heteroatoms. The Balaban J connectivity index is 2.32. The van der Waals surface area contributed by atoms with E-state index in [1.165, 1.54) is 17.8 Å². The Hall–Kier alpha value is -0.870. The molecule has 1 N–H and O–H groups in total. The Kier molecular flexibility index (Phi) is 6.11. The van der Waals surface area contributed by atoms with Gasteiger partial charge in [0.2, 0.25) is 0 Å². The second kappa shape index (κ2) is 7.41. The standard InChI is InChI=1S/C12H15FO2S/c13-12-5-2-1-4-10(12)8-11(15)9-16-7-3-6-14/h1-2,4-5,14H,3,6-9H2. The van der Waals surface area contributed by atoms with E-state index >= 15 is 0 Å². The van der Waals surface area contributed by atoms with Gasteiger partial charge >= 0.3 is 0 Å². The molecule has 0 bridgehead atoms. The highest BCUT2D eigenvalue weighted by molar-refractivity contribution is 7.99. The first-order valence-electron chi connectivity index (χ1n) is 5.17. The number of hydrogen-bond acceptors (Lipinski definition) is 3. The average molecular weight is 242 g/mol. The first-order valence-corrected chi connectivity index (χ1v) is 6.33. The zero-order valence-electron chi connectivity index (χ0n) is 8.99. The number of benzene rings is 1. The summed E-state index contributed by atoms with van der Waals surface area (Å²) >= 11 is 1.48. The van der Waals surface area contributed by atoms with Gasteiger partial charge in [0, 0.05) is 13.0 Å². The zero-order valence-corrected chi connectivity index (χ0v) is 9.80. The van der Waals surface area contributed by atoms with Crippen LogP contribution in [0.1, 0.15) is 12.0 Å². The lowest BCUT2D eigenvalue weighted by atomic mass is 10.1. The molecule has 0 aliphatic rings. The number of aliphatic hydroxyl groups excluding tert-OH is 1. The fraction of sp³-hybridized carbons (Fsp3) is 0.417. The Morgan fingerprint density at radius 3 is 2.81 bits per heavy atom. The van der Waals surface area contributed by atoms with Crippen molar-refractivity contribution in [2.75, 3.05) is 18.1 Å². The lowest BCUT2D eigenvalue weighted by molar-refractivity contribution is -0.116. The second-order valence-corrected chi connectivity index (χ2v) is 4.54. The Morgan fingerprint density at radius 1 is 1.38 bits per heavy atom. The van der Waals surface area contributed by atoms with Gasteiger partial charge < -0.3 is 5.11 Å². The normalized spacial score (nSPS) is 10.4. The molecular formula is C12H15FO2S. The molecule has 88 valence electrons. The van der Waals surface area contributed by atoms with Gasteiger partial charge in [-0.05, 0) is 23.8 Å². The van der Waals surface area contributed by atoms with Crippen LogP contribution in [0.4, 0.5) is 4.39 Å². The summed E-state index contributed by atoms with van der Waals surface area (Å²) < 4.78 is 13.2. The highest BCUT2D eigenvalue weighted by Crippen LogP contribution is 2.10. The quantitative estimate of drug-likeness (QED) is 0.744. The number of carbonyl (C=O) groups is 1. The third-order valence-corrected chi connectivity index (χ3v) is 3.16. The van der Waals surface area contributed by atoms with E-state index in [0.29, 0.717) is 17.7 Å². The van der Waals surface area contributed by atoms with Crippen molar-refractivity contribution in [2.24, 2.45) is 0 Å². The molecule has 0 radical (unpaired) electrons. The van der Waals surface area contributed by atoms with E-state index in [1.807, 2.05) is 0 Å². The molecule has 0 aromatic heterocycles. The van der Waals surface area contributed by atoms with Crippen LogP contribution in [0, 0.1) is 5.82 Å². The molecule has 0 saturated carbocycles. The third-order valence-electron chi connectivity index (χ3n) is 2.06. The van der Waals surface area contributed by atoms with E-state index in [0.717, 1.165) is 5.75 Å². The second-order valence-electron chi connectivity index (χ2n) is 3.44. The number of carbonyl (C=O) groups excluding carboxylic acids is 1. The summed E-state index contributed by atoms with van der Waals surface area (Å²) in [6.45, 7) is 0.147. The van der Waals surface area contributed by atoms with Gasteiger partial charge in [0.15, 0.2) is 0 Å². The predicted octanol–water partition coefficient (Wildman–Crippen LogP) is 2.05. The van der Waals surface area contributed by atoms with Gasteiger partial charge in [-0.3, -0.25) is 4.79 Å². The number of rotatable bonds is 7. The topological polar surface area (TPSA) is 37.3 Å². The molecule has 0 fully saturated rings. The van der Waals surface area contributed by atoms with Crippen LogP contribution in [-0.2, 0) is 11.2 Å². The van der Waals surface area contributed by atoms with Crippen molar-refractivity contribution in [1.29, 1.82) is 0 Å². The van der Waals surface area contributed by atoms with E-state index in [2.05, 4.69) is 0 Å². The molecular weight excluding hydrogens is 227 g/mol. The van der Waals surface area contributed by atoms with E-state index in [9.17, 15) is 9.18 Å². The fourth-order valence-corrected chi connectivity index (χ4v) is 2.07. The summed E-state index contributed by atoms with van der Waals surface area (Å²) in [4.78, 5) is 11.5. The maximum atomic E-state index is 13.2. The molecule has 0 heterocycles. The molecule has 2 nitrogen and oxygen atoms in total. The summed E-state index contributed by atoms with van der Waals surface area (Å²) in [5.41, 5.74) is 0.454. The number of aliphatic hydroxyl groups is 1. The molecule has 0 saturated heterocycles. The van der Waals surface area contributed by atoms with Crippen LogP contribution in [0.15, 0.2) is 24.3 Å². The molecule has 1 rings (SSSR count). The fourth-order valence-electron chi connectivity index (χ4n) is 1.26. The van der Waals surface area contributed by atoms with Crippen LogP contribution in [-0.4, -0.2) is 29.0 Å². The first kappa shape index (κ1) is 13.2. The van der Waals surface area contributed by atoms with Gasteiger partial charge in [0.05, 0.1) is 5.75 Å². The van der Waals surface area contributed by atoms with Crippen LogP contribution < -0.4 is 0 Å². The first-order chi connectivity index (χ1) is 7.74. The van der Waals surface area contributed by atoms with Crippen molar-refractivity contribution in [3.8, 4) is 0 Å². The monoisotopic (exact) mass is 242 g/mol. The van der Waals surface area contributed by atoms with Crippen molar-refractivity contribution in [3.05, 3.63) is 35.6 Å². The molecule has 0 amide bonds. The van der Waals surface area contributed by atoms with Crippen LogP contribution in [0.3, 0.4) is 0 Å². The van der Waals surface area contributed by atoms with E-state index in [4.69, 9.17) is 5.11 Å². The van der Waals surface area contributed by atoms with Crippen molar-refractivity contribution < 1.29 is 14.3 Å². The highest BCUT2D eigenvalue weighted by Gasteiger charge is 2.07. The zero-order chi connectivity index (χ0) is 11.8. The van der Waals surface area contributed by atoms with E-state index in [1.54, 1.807) is 18.2 Å². The summed E-state index contributed by atoms with van der Waals surface area (Å²) in [6.07, 6.45) is 0.844. The third kappa shape index (κ3) is 4.77. The summed E-state index contributed by atoms with van der Waals surface area (Å²) in [5, 5.41) is 8.56. The van der Waals surface area contributed by atoms with Gasteiger partial charge in [0.25, 0.3) is 0 Å². The number of ketones is 1.